The number of rotatable bonds is 0. The monoisotopic (exact) mass is 386 g/mol. The fraction of sp³-hybridized carbons (Fsp3) is 0.450. The third-order valence-electron chi connectivity index (χ3n) is 6.03. The number of esters is 1. The van der Waals surface area contributed by atoms with E-state index in [1.165, 1.54) is 18.2 Å². The fourth-order valence-corrected chi connectivity index (χ4v) is 4.75. The van der Waals surface area contributed by atoms with E-state index >= 15 is 0 Å². The van der Waals surface area contributed by atoms with E-state index < -0.39 is 52.8 Å². The molecule has 3 aliphatic heterocycles. The van der Waals surface area contributed by atoms with Crippen molar-refractivity contribution in [3.63, 3.8) is 0 Å². The van der Waals surface area contributed by atoms with Crippen LogP contribution in [0, 0.1) is 0 Å². The molecule has 1 aliphatic carbocycles. The molecule has 0 radical (unpaired) electrons. The van der Waals surface area contributed by atoms with Gasteiger partial charge in [-0.1, -0.05) is 30.3 Å². The predicted octanol–water partition coefficient (Wildman–Crippen LogP) is 0.303. The number of hydrogen-bond acceptors (Lipinski definition) is 8. The molecule has 8 nitrogen and oxygen atoms in total. The second-order valence-electron chi connectivity index (χ2n) is 7.69. The molecular formula is C20H18O8. The summed E-state index contributed by atoms with van der Waals surface area (Å²) in [4.78, 5) is 38.8. The van der Waals surface area contributed by atoms with Gasteiger partial charge in [0, 0.05) is 11.1 Å². The molecule has 1 aromatic carbocycles. The van der Waals surface area contributed by atoms with Crippen LogP contribution in [0.25, 0.3) is 0 Å². The van der Waals surface area contributed by atoms with Crippen LogP contribution in [0.2, 0.25) is 0 Å². The van der Waals surface area contributed by atoms with Crippen LogP contribution >= 0.6 is 0 Å². The summed E-state index contributed by atoms with van der Waals surface area (Å²) in [5.41, 5.74) is -5.69. The van der Waals surface area contributed by atoms with Crippen molar-refractivity contribution in [1.29, 1.82) is 0 Å². The van der Waals surface area contributed by atoms with E-state index in [9.17, 15) is 24.6 Å². The van der Waals surface area contributed by atoms with Crippen LogP contribution in [0.3, 0.4) is 0 Å². The molecule has 2 fully saturated rings. The first-order valence-corrected chi connectivity index (χ1v) is 9.11. The van der Waals surface area contributed by atoms with Crippen LogP contribution in [-0.4, -0.2) is 63.0 Å². The zero-order chi connectivity index (χ0) is 19.9. The molecule has 3 heterocycles. The van der Waals surface area contributed by atoms with Crippen molar-refractivity contribution >= 4 is 17.5 Å². The Hall–Kier alpha value is -2.39. The zero-order valence-electron chi connectivity index (χ0n) is 15.0. The second kappa shape index (κ2) is 5.36. The maximum atomic E-state index is 13.5. The topological polar surface area (TPSA) is 119 Å². The third-order valence-corrected chi connectivity index (χ3v) is 6.03. The molecule has 1 spiro atoms. The van der Waals surface area contributed by atoms with Crippen molar-refractivity contribution in [3.05, 3.63) is 47.5 Å². The third kappa shape index (κ3) is 1.81. The number of hydrogen-bond donors (Lipinski definition) is 2. The minimum atomic E-state index is -2.83. The molecule has 2 N–H and O–H groups in total. The van der Waals surface area contributed by atoms with Gasteiger partial charge in [-0.3, -0.25) is 14.4 Å². The summed E-state index contributed by atoms with van der Waals surface area (Å²) in [6.07, 6.45) is 0.192. The lowest BCUT2D eigenvalue weighted by Gasteiger charge is -2.59. The Bertz CT molecular complexity index is 953. The van der Waals surface area contributed by atoms with Gasteiger partial charge in [0.2, 0.25) is 28.6 Å². The van der Waals surface area contributed by atoms with Gasteiger partial charge in [0.25, 0.3) is 0 Å². The lowest BCUT2D eigenvalue weighted by Crippen LogP contribution is -2.85. The fourth-order valence-electron chi connectivity index (χ4n) is 4.75. The number of Topliss-reactive ketones (excluding diaryl/α,β-unsaturated/α-hetero) is 2. The summed E-state index contributed by atoms with van der Waals surface area (Å²) in [6, 6.07) is 5.88. The van der Waals surface area contributed by atoms with Crippen LogP contribution in [0.1, 0.15) is 40.5 Å². The Morgan fingerprint density at radius 3 is 2.39 bits per heavy atom. The van der Waals surface area contributed by atoms with Gasteiger partial charge in [-0.2, -0.15) is 0 Å². The number of ether oxygens (including phenoxy) is 3. The van der Waals surface area contributed by atoms with E-state index in [1.807, 2.05) is 0 Å². The highest BCUT2D eigenvalue weighted by Crippen LogP contribution is 2.55. The lowest BCUT2D eigenvalue weighted by molar-refractivity contribution is -0.379. The normalized spacial score (nSPS) is 44.1. The summed E-state index contributed by atoms with van der Waals surface area (Å²) >= 11 is 0. The zero-order valence-corrected chi connectivity index (χ0v) is 15.0. The van der Waals surface area contributed by atoms with E-state index in [4.69, 9.17) is 14.2 Å². The minimum absolute atomic E-state index is 0.0498. The molecule has 1 aromatic rings. The van der Waals surface area contributed by atoms with Crippen LogP contribution in [0.5, 0.6) is 0 Å². The number of carbonyl (C=O) groups is 3. The maximum absolute atomic E-state index is 13.5. The van der Waals surface area contributed by atoms with Gasteiger partial charge in [-0.25, -0.2) is 0 Å². The molecule has 2 saturated heterocycles. The average Bonchev–Trinajstić information content (AvgIpc) is 3.04. The summed E-state index contributed by atoms with van der Waals surface area (Å²) in [6.45, 7) is 1.71. The smallest absolute Gasteiger partial charge is 0.309 e. The summed E-state index contributed by atoms with van der Waals surface area (Å²) in [7, 11) is 0. The van der Waals surface area contributed by atoms with Crippen molar-refractivity contribution < 1.29 is 38.8 Å². The summed E-state index contributed by atoms with van der Waals surface area (Å²) in [5, 5.41) is 23.4. The van der Waals surface area contributed by atoms with E-state index in [1.54, 1.807) is 25.1 Å². The number of carbonyl (C=O) groups excluding carboxylic acids is 3. The Morgan fingerprint density at radius 1 is 1.04 bits per heavy atom. The highest BCUT2D eigenvalue weighted by molar-refractivity contribution is 6.23. The first kappa shape index (κ1) is 17.7. The molecule has 5 rings (SSSR count). The van der Waals surface area contributed by atoms with Crippen molar-refractivity contribution in [3.8, 4) is 0 Å². The minimum Gasteiger partial charge on any atom is -0.456 e. The molecule has 0 saturated carbocycles. The first-order valence-electron chi connectivity index (χ1n) is 9.11. The van der Waals surface area contributed by atoms with Crippen LogP contribution < -0.4 is 0 Å². The van der Waals surface area contributed by atoms with E-state index in [-0.39, 0.29) is 17.5 Å². The van der Waals surface area contributed by atoms with E-state index in [0.717, 1.165) is 0 Å². The Kier molecular flexibility index (Phi) is 3.38. The van der Waals surface area contributed by atoms with Gasteiger partial charge in [0.05, 0.1) is 12.5 Å². The Balaban J connectivity index is 1.83. The van der Waals surface area contributed by atoms with Crippen molar-refractivity contribution in [2.75, 3.05) is 0 Å². The Morgan fingerprint density at radius 2 is 1.71 bits per heavy atom. The Labute approximate surface area is 159 Å². The van der Waals surface area contributed by atoms with Gasteiger partial charge < -0.3 is 24.4 Å². The number of fused-ring (bicyclic) bond motifs is 5. The highest BCUT2D eigenvalue weighted by atomic mass is 16.7. The molecule has 0 amide bonds. The SMILES string of the molecule is C[C@H]1CC=C[C@@]2(O[C@H]3CC(=O)O[C@@H]3[C@]3(O)C(=O)c4ccccc4C(=O)[C@]23O)O1. The predicted molar refractivity (Wildman–Crippen MR) is 91.4 cm³/mol. The van der Waals surface area contributed by atoms with Crippen LogP contribution in [0.4, 0.5) is 0 Å². The van der Waals surface area contributed by atoms with Crippen molar-refractivity contribution in [1.82, 2.24) is 0 Å². The molecule has 0 bridgehead atoms. The molecular weight excluding hydrogens is 368 g/mol. The first-order chi connectivity index (χ1) is 13.2. The summed E-state index contributed by atoms with van der Waals surface area (Å²) in [5.74, 6) is -4.66. The van der Waals surface area contributed by atoms with Gasteiger partial charge in [0.1, 0.15) is 6.10 Å². The van der Waals surface area contributed by atoms with E-state index in [2.05, 4.69) is 0 Å². The molecule has 6 atom stereocenters. The number of aliphatic hydroxyl groups is 2. The second-order valence-corrected chi connectivity index (χ2v) is 7.69. The molecule has 0 unspecified atom stereocenters. The molecule has 8 heteroatoms. The standard InChI is InChI=1S/C20H18O8/c1-10-5-4-8-18(27-10)20(25)16(23)12-7-3-2-6-11(12)15(22)19(20,24)17-13(28-18)9-14(21)26-17/h2-4,6-8,10,13,17,24-25H,5,9H2,1H3/t10-,13-,17-,18-,19+,20-/m0/s1. The van der Waals surface area contributed by atoms with Gasteiger partial charge in [0.15, 0.2) is 6.10 Å². The number of ketones is 2. The van der Waals surface area contributed by atoms with Crippen LogP contribution in [-0.2, 0) is 19.0 Å². The number of benzene rings is 1. The van der Waals surface area contributed by atoms with E-state index in [0.29, 0.717) is 6.42 Å². The largest absolute Gasteiger partial charge is 0.456 e. The van der Waals surface area contributed by atoms with Gasteiger partial charge in [-0.15, -0.1) is 0 Å². The maximum Gasteiger partial charge on any atom is 0.309 e. The summed E-state index contributed by atoms with van der Waals surface area (Å²) < 4.78 is 17.0. The average molecular weight is 386 g/mol. The molecule has 4 aliphatic rings. The molecule has 28 heavy (non-hydrogen) atoms. The van der Waals surface area contributed by atoms with Crippen molar-refractivity contribution in [2.45, 2.75) is 55.1 Å². The van der Waals surface area contributed by atoms with Gasteiger partial charge >= 0.3 is 5.97 Å². The molecule has 0 aromatic heterocycles. The molecule has 146 valence electrons. The van der Waals surface area contributed by atoms with Crippen LogP contribution in [0.15, 0.2) is 36.4 Å². The lowest BCUT2D eigenvalue weighted by atomic mass is 9.59. The quantitative estimate of drug-likeness (QED) is 0.483. The van der Waals surface area contributed by atoms with Crippen molar-refractivity contribution in [2.24, 2.45) is 0 Å². The van der Waals surface area contributed by atoms with Gasteiger partial charge in [-0.05, 0) is 19.4 Å². The highest BCUT2D eigenvalue weighted by Gasteiger charge is 2.82.